The minimum Gasteiger partial charge on any atom is -0.481 e. The number of aromatic nitrogens is 1. The third-order valence-electron chi connectivity index (χ3n) is 3.51. The van der Waals surface area contributed by atoms with Crippen LogP contribution in [0.25, 0.3) is 10.9 Å². The highest BCUT2D eigenvalue weighted by atomic mass is 32.2. The van der Waals surface area contributed by atoms with Gasteiger partial charge in [-0.1, -0.05) is 25.1 Å². The fourth-order valence-corrected chi connectivity index (χ4v) is 3.27. The van der Waals surface area contributed by atoms with Gasteiger partial charge in [0.2, 0.25) is 0 Å². The predicted octanol–water partition coefficient (Wildman–Crippen LogP) is 2.09. The molecule has 0 fully saturated rings. The second-order valence-corrected chi connectivity index (χ2v) is 7.50. The zero-order valence-corrected chi connectivity index (χ0v) is 12.8. The number of para-hydroxylation sites is 1. The molecular weight excluding hydrogens is 290 g/mol. The van der Waals surface area contributed by atoms with Crippen LogP contribution in [0.1, 0.15) is 18.9 Å². The Morgan fingerprint density at radius 1 is 1.29 bits per heavy atom. The van der Waals surface area contributed by atoms with E-state index in [1.165, 1.54) is 0 Å². The summed E-state index contributed by atoms with van der Waals surface area (Å²) in [5.41, 5.74) is 1.71. The maximum absolute atomic E-state index is 11.5. The molecule has 0 aliphatic heterocycles. The summed E-state index contributed by atoms with van der Waals surface area (Å²) in [5.74, 6) is -0.556. The van der Waals surface area contributed by atoms with E-state index in [-0.39, 0.29) is 17.9 Å². The van der Waals surface area contributed by atoms with E-state index in [0.29, 0.717) is 13.0 Å². The van der Waals surface area contributed by atoms with Crippen LogP contribution in [0.2, 0.25) is 0 Å². The molecule has 2 rings (SSSR count). The van der Waals surface area contributed by atoms with Crippen LogP contribution < -0.4 is 0 Å². The van der Waals surface area contributed by atoms with Gasteiger partial charge in [-0.15, -0.1) is 0 Å². The normalized spacial score (nSPS) is 11.9. The van der Waals surface area contributed by atoms with E-state index in [4.69, 9.17) is 5.11 Å². The van der Waals surface area contributed by atoms with Gasteiger partial charge in [0.1, 0.15) is 9.84 Å². The Labute approximate surface area is 124 Å². The molecule has 21 heavy (non-hydrogen) atoms. The third-order valence-corrected chi connectivity index (χ3v) is 5.30. The lowest BCUT2D eigenvalue weighted by Crippen LogP contribution is -2.11. The largest absolute Gasteiger partial charge is 0.481 e. The average molecular weight is 309 g/mol. The summed E-state index contributed by atoms with van der Waals surface area (Å²) < 4.78 is 25.0. The summed E-state index contributed by atoms with van der Waals surface area (Å²) in [5, 5.41) is 9.88. The molecule has 1 heterocycles. The molecule has 1 aromatic carbocycles. The van der Waals surface area contributed by atoms with Crippen LogP contribution in [0.3, 0.4) is 0 Å². The van der Waals surface area contributed by atoms with E-state index < -0.39 is 15.8 Å². The molecule has 0 aliphatic rings. The molecule has 0 radical (unpaired) electrons. The van der Waals surface area contributed by atoms with Crippen molar-refractivity contribution < 1.29 is 18.3 Å². The van der Waals surface area contributed by atoms with Crippen molar-refractivity contribution in [3.05, 3.63) is 36.0 Å². The number of rotatable bonds is 7. The van der Waals surface area contributed by atoms with Gasteiger partial charge in [-0.05, 0) is 18.1 Å². The highest BCUT2D eigenvalue weighted by molar-refractivity contribution is 7.91. The van der Waals surface area contributed by atoms with Crippen LogP contribution >= 0.6 is 0 Å². The summed E-state index contributed by atoms with van der Waals surface area (Å²) >= 11 is 0. The zero-order chi connectivity index (χ0) is 15.5. The van der Waals surface area contributed by atoms with Gasteiger partial charge in [0, 0.05) is 29.4 Å². The molecule has 1 aromatic heterocycles. The molecule has 0 atom stereocenters. The van der Waals surface area contributed by atoms with E-state index in [1.54, 1.807) is 6.92 Å². The highest BCUT2D eigenvalue weighted by Gasteiger charge is 2.12. The minimum absolute atomic E-state index is 0.0270. The quantitative estimate of drug-likeness (QED) is 0.849. The number of benzene rings is 1. The highest BCUT2D eigenvalue weighted by Crippen LogP contribution is 2.22. The van der Waals surface area contributed by atoms with Gasteiger partial charge in [0.25, 0.3) is 0 Å². The number of hydrogen-bond acceptors (Lipinski definition) is 3. The lowest BCUT2D eigenvalue weighted by Gasteiger charge is -2.05. The predicted molar refractivity (Wildman–Crippen MR) is 82.2 cm³/mol. The molecule has 0 aliphatic carbocycles. The number of carboxylic acid groups (broad SMARTS) is 1. The van der Waals surface area contributed by atoms with Gasteiger partial charge in [-0.2, -0.15) is 0 Å². The number of hydrogen-bond donors (Lipinski definition) is 1. The Morgan fingerprint density at radius 3 is 2.67 bits per heavy atom. The zero-order valence-electron chi connectivity index (χ0n) is 11.9. The first-order valence-corrected chi connectivity index (χ1v) is 8.74. The third kappa shape index (κ3) is 3.85. The topological polar surface area (TPSA) is 76.4 Å². The molecule has 1 N–H and O–H groups in total. The fourth-order valence-electron chi connectivity index (χ4n) is 2.41. The lowest BCUT2D eigenvalue weighted by atomic mass is 10.1. The van der Waals surface area contributed by atoms with Crippen LogP contribution in [-0.2, 0) is 27.6 Å². The number of fused-ring (bicyclic) bond motifs is 1. The molecule has 114 valence electrons. The first kappa shape index (κ1) is 15.6. The van der Waals surface area contributed by atoms with E-state index >= 15 is 0 Å². The van der Waals surface area contributed by atoms with Crippen molar-refractivity contribution in [2.24, 2.45) is 0 Å². The van der Waals surface area contributed by atoms with Crippen molar-refractivity contribution in [1.29, 1.82) is 0 Å². The number of aliphatic carboxylic acids is 1. The van der Waals surface area contributed by atoms with Crippen molar-refractivity contribution in [2.45, 2.75) is 26.3 Å². The van der Waals surface area contributed by atoms with Crippen molar-refractivity contribution in [3.63, 3.8) is 0 Å². The van der Waals surface area contributed by atoms with Crippen LogP contribution in [0.5, 0.6) is 0 Å². The SMILES string of the molecule is CCS(=O)(=O)CCCn1cc(CC(=O)O)c2ccccc21. The van der Waals surface area contributed by atoms with Gasteiger partial charge in [-0.3, -0.25) is 4.79 Å². The van der Waals surface area contributed by atoms with Crippen molar-refractivity contribution in [3.8, 4) is 0 Å². The molecule has 0 spiro atoms. The maximum Gasteiger partial charge on any atom is 0.307 e. The Balaban J connectivity index is 2.22. The monoisotopic (exact) mass is 309 g/mol. The van der Waals surface area contributed by atoms with Gasteiger partial charge >= 0.3 is 5.97 Å². The summed E-state index contributed by atoms with van der Waals surface area (Å²) in [6.07, 6.45) is 2.32. The number of carboxylic acids is 1. The van der Waals surface area contributed by atoms with Gasteiger partial charge in [0.05, 0.1) is 12.2 Å². The van der Waals surface area contributed by atoms with Gasteiger partial charge in [-0.25, -0.2) is 8.42 Å². The summed E-state index contributed by atoms with van der Waals surface area (Å²) in [7, 11) is -2.96. The molecule has 0 unspecified atom stereocenters. The fraction of sp³-hybridized carbons (Fsp3) is 0.400. The number of nitrogens with zero attached hydrogens (tertiary/aromatic N) is 1. The molecule has 0 bridgehead atoms. The Bertz CT molecular complexity index is 746. The first-order valence-electron chi connectivity index (χ1n) is 6.92. The van der Waals surface area contributed by atoms with Gasteiger partial charge < -0.3 is 9.67 Å². The average Bonchev–Trinajstić information content (AvgIpc) is 2.77. The molecule has 0 saturated heterocycles. The van der Waals surface area contributed by atoms with E-state index in [0.717, 1.165) is 16.5 Å². The summed E-state index contributed by atoms with van der Waals surface area (Å²) in [6, 6.07) is 7.59. The Hall–Kier alpha value is -1.82. The number of sulfone groups is 1. The maximum atomic E-state index is 11.5. The van der Waals surface area contributed by atoms with E-state index in [9.17, 15) is 13.2 Å². The van der Waals surface area contributed by atoms with Crippen molar-refractivity contribution >= 4 is 26.7 Å². The minimum atomic E-state index is -2.96. The van der Waals surface area contributed by atoms with Crippen LogP contribution in [0.15, 0.2) is 30.5 Å². The number of carbonyl (C=O) groups is 1. The Kier molecular flexibility index (Phi) is 4.67. The summed E-state index contributed by atoms with van der Waals surface area (Å²) in [4.78, 5) is 10.9. The second kappa shape index (κ2) is 6.30. The smallest absolute Gasteiger partial charge is 0.307 e. The standard InChI is InChI=1S/C15H19NO4S/c1-2-21(19,20)9-5-8-16-11-12(10-15(17)18)13-6-3-4-7-14(13)16/h3-4,6-7,11H,2,5,8-10H2,1H3,(H,17,18). The molecule has 6 heteroatoms. The summed E-state index contributed by atoms with van der Waals surface area (Å²) in [6.45, 7) is 2.21. The molecule has 0 saturated carbocycles. The van der Waals surface area contributed by atoms with Crippen LogP contribution in [0, 0.1) is 0 Å². The van der Waals surface area contributed by atoms with Gasteiger partial charge in [0.15, 0.2) is 0 Å². The first-order chi connectivity index (χ1) is 9.93. The molecule has 2 aromatic rings. The Morgan fingerprint density at radius 2 is 2.00 bits per heavy atom. The number of aryl methyl sites for hydroxylation is 1. The van der Waals surface area contributed by atoms with Crippen molar-refractivity contribution in [1.82, 2.24) is 4.57 Å². The molecule has 5 nitrogen and oxygen atoms in total. The molecular formula is C15H19NO4S. The van der Waals surface area contributed by atoms with Crippen LogP contribution in [-0.4, -0.2) is 35.6 Å². The molecule has 0 amide bonds. The van der Waals surface area contributed by atoms with Crippen LogP contribution in [0.4, 0.5) is 0 Å². The lowest BCUT2D eigenvalue weighted by molar-refractivity contribution is -0.136. The second-order valence-electron chi connectivity index (χ2n) is 5.03. The van der Waals surface area contributed by atoms with E-state index in [1.807, 2.05) is 35.0 Å². The van der Waals surface area contributed by atoms with E-state index in [2.05, 4.69) is 0 Å². The van der Waals surface area contributed by atoms with Crippen molar-refractivity contribution in [2.75, 3.05) is 11.5 Å².